The number of nitrogens with zero attached hydrogens (tertiary/aromatic N) is 2. The second-order valence-corrected chi connectivity index (χ2v) is 5.81. The maximum atomic E-state index is 10.0. The highest BCUT2D eigenvalue weighted by Crippen LogP contribution is 2.12. The van der Waals surface area contributed by atoms with Crippen molar-refractivity contribution < 1.29 is 31.3 Å². The quantitative estimate of drug-likeness (QED) is 0.610. The van der Waals surface area contributed by atoms with Crippen molar-refractivity contribution in [3.05, 3.63) is 60.2 Å². The molecule has 26 heavy (non-hydrogen) atoms. The van der Waals surface area contributed by atoms with Gasteiger partial charge in [0.1, 0.15) is 12.1 Å². The molecule has 1 saturated carbocycles. The highest BCUT2D eigenvalue weighted by atomic mass is 16.4. The van der Waals surface area contributed by atoms with E-state index in [1.165, 1.54) is 50.2 Å². The predicted molar refractivity (Wildman–Crippen MR) is 89.0 cm³/mol. The van der Waals surface area contributed by atoms with Gasteiger partial charge in [0.25, 0.3) is 0 Å². The number of carbonyl (C=O) groups excluding carboxylic acids is 2. The van der Waals surface area contributed by atoms with Crippen molar-refractivity contribution in [1.29, 1.82) is 0 Å². The molecule has 0 aliphatic heterocycles. The maximum Gasteiger partial charge on any atom is 0.137 e. The number of hydrogen-bond donors (Lipinski definition) is 2. The van der Waals surface area contributed by atoms with Crippen molar-refractivity contribution >= 4 is 11.9 Å². The molecule has 6 N–H and O–H groups in total. The summed E-state index contributed by atoms with van der Waals surface area (Å²) in [7, 11) is 0. The van der Waals surface area contributed by atoms with Gasteiger partial charge in [0, 0.05) is 25.2 Å². The molecule has 8 heteroatoms. The zero-order valence-corrected chi connectivity index (χ0v) is 14.5. The molecule has 0 radical (unpaired) electrons. The number of carbonyl (C=O) groups is 2. The van der Waals surface area contributed by atoms with Crippen LogP contribution < -0.4 is 21.7 Å². The van der Waals surface area contributed by atoms with Gasteiger partial charge in [-0.25, -0.2) is 0 Å². The first kappa shape index (κ1) is 21.2. The fourth-order valence-electron chi connectivity index (χ4n) is 2.25. The summed E-state index contributed by atoms with van der Waals surface area (Å²) in [6.45, 7) is 0. The highest BCUT2D eigenvalue weighted by Gasteiger charge is 2.23. The van der Waals surface area contributed by atoms with Crippen LogP contribution in [-0.4, -0.2) is 34.0 Å². The molecule has 1 aliphatic rings. The summed E-state index contributed by atoms with van der Waals surface area (Å²) in [5.74, 6) is -2.48. The summed E-state index contributed by atoms with van der Waals surface area (Å²) in [6.07, 6.45) is 8.17. The molecule has 0 spiro atoms. The van der Waals surface area contributed by atoms with Crippen molar-refractivity contribution in [1.82, 2.24) is 9.97 Å². The summed E-state index contributed by atoms with van der Waals surface area (Å²) in [5.41, 5.74) is 7.97. The number of pyridine rings is 2. The second kappa shape index (κ2) is 11.7. The minimum Gasteiger partial charge on any atom is -0.543 e. The number of quaternary nitrogens is 2. The molecule has 8 nitrogen and oxygen atoms in total. The largest absolute Gasteiger partial charge is 0.543 e. The zero-order chi connectivity index (χ0) is 19.4. The van der Waals surface area contributed by atoms with Gasteiger partial charge in [0.15, 0.2) is 0 Å². The Balaban J connectivity index is 0.000000195. The van der Waals surface area contributed by atoms with E-state index < -0.39 is 11.9 Å². The van der Waals surface area contributed by atoms with E-state index in [-0.39, 0.29) is 11.4 Å². The molecule has 0 aromatic carbocycles. The van der Waals surface area contributed by atoms with Gasteiger partial charge >= 0.3 is 0 Å². The molecule has 140 valence electrons. The summed E-state index contributed by atoms with van der Waals surface area (Å²) >= 11 is 0. The molecule has 2 heterocycles. The number of aromatic carboxylic acids is 2. The lowest BCUT2D eigenvalue weighted by atomic mass is 9.92. The van der Waals surface area contributed by atoms with Crippen LogP contribution in [0.15, 0.2) is 48.8 Å². The second-order valence-electron chi connectivity index (χ2n) is 5.81. The van der Waals surface area contributed by atoms with Crippen LogP contribution >= 0.6 is 0 Å². The number of carboxylic acids is 2. The minimum absolute atomic E-state index is 0.0301. The van der Waals surface area contributed by atoms with E-state index >= 15 is 0 Å². The van der Waals surface area contributed by atoms with Gasteiger partial charge in [0.2, 0.25) is 0 Å². The maximum absolute atomic E-state index is 10.0. The Hall–Kier alpha value is -2.84. The monoisotopic (exact) mass is 360 g/mol. The fourth-order valence-corrected chi connectivity index (χ4v) is 2.25. The van der Waals surface area contributed by atoms with E-state index in [1.807, 2.05) is 0 Å². The minimum atomic E-state index is -1.24. The molecule has 1 aliphatic carbocycles. The van der Waals surface area contributed by atoms with Crippen LogP contribution in [-0.2, 0) is 0 Å². The zero-order valence-electron chi connectivity index (χ0n) is 14.5. The smallest absolute Gasteiger partial charge is 0.137 e. The summed E-state index contributed by atoms with van der Waals surface area (Å²) < 4.78 is 0. The van der Waals surface area contributed by atoms with Crippen molar-refractivity contribution in [3.63, 3.8) is 0 Å². The molecule has 1 fully saturated rings. The van der Waals surface area contributed by atoms with Crippen molar-refractivity contribution in [2.75, 3.05) is 0 Å². The Morgan fingerprint density at radius 1 is 0.808 bits per heavy atom. The number of carboxylic acid groups (broad SMARTS) is 2. The Morgan fingerprint density at radius 2 is 1.19 bits per heavy atom. The normalized spacial score (nSPS) is 18.4. The first-order chi connectivity index (χ1) is 12.4. The number of rotatable bonds is 2. The van der Waals surface area contributed by atoms with Crippen molar-refractivity contribution in [2.45, 2.75) is 37.8 Å². The van der Waals surface area contributed by atoms with E-state index in [0.29, 0.717) is 12.1 Å². The average Bonchev–Trinajstić information content (AvgIpc) is 2.66. The first-order valence-corrected chi connectivity index (χ1v) is 8.32. The number of hydrogen-bond acceptors (Lipinski definition) is 6. The van der Waals surface area contributed by atoms with Crippen LogP contribution in [0.4, 0.5) is 0 Å². The van der Waals surface area contributed by atoms with E-state index in [2.05, 4.69) is 21.4 Å². The van der Waals surface area contributed by atoms with Gasteiger partial charge in [0.05, 0.1) is 23.3 Å². The van der Waals surface area contributed by atoms with Crippen LogP contribution in [0.2, 0.25) is 0 Å². The molecule has 0 amide bonds. The number of aromatic nitrogens is 2. The molecule has 2 atom stereocenters. The molecule has 2 aromatic heterocycles. The molecular weight excluding hydrogens is 336 g/mol. The Morgan fingerprint density at radius 3 is 1.38 bits per heavy atom. The lowest BCUT2D eigenvalue weighted by Gasteiger charge is -2.18. The summed E-state index contributed by atoms with van der Waals surface area (Å²) in [5, 5.41) is 20.1. The topological polar surface area (TPSA) is 161 Å². The standard InChI is InChI=1S/C6H14N2.2C6H5NO2/c7-5-3-1-2-4-6(5)8;2*8-6(9)5-3-1-2-4-7-5/h5-6H,1-4,7-8H2;2*1-4H,(H,8,9)/t5-,6-;;/m1../s1. The SMILES string of the molecule is O=C([O-])c1ccccn1.O=C([O-])c1ccccn1.[NH3+][C@@H]1CCCC[C@H]1[NH3+]. The van der Waals surface area contributed by atoms with Gasteiger partial charge in [-0.1, -0.05) is 12.1 Å². The third-order valence-electron chi connectivity index (χ3n) is 3.81. The molecule has 2 aromatic rings. The van der Waals surface area contributed by atoms with Gasteiger partial charge in [-0.2, -0.15) is 0 Å². The van der Waals surface area contributed by atoms with Crippen LogP contribution in [0.5, 0.6) is 0 Å². The fraction of sp³-hybridized carbons (Fsp3) is 0.333. The van der Waals surface area contributed by atoms with E-state index in [4.69, 9.17) is 0 Å². The third kappa shape index (κ3) is 8.32. The van der Waals surface area contributed by atoms with Crippen LogP contribution in [0.1, 0.15) is 46.7 Å². The van der Waals surface area contributed by atoms with E-state index in [1.54, 1.807) is 24.3 Å². The highest BCUT2D eigenvalue weighted by molar-refractivity contribution is 5.83. The van der Waals surface area contributed by atoms with Gasteiger partial charge in [-0.05, 0) is 37.1 Å². The van der Waals surface area contributed by atoms with Crippen molar-refractivity contribution in [2.24, 2.45) is 0 Å². The Kier molecular flexibility index (Phi) is 9.52. The third-order valence-corrected chi connectivity index (χ3v) is 3.81. The summed E-state index contributed by atoms with van der Waals surface area (Å²) in [4.78, 5) is 27.1. The summed E-state index contributed by atoms with van der Waals surface area (Å²) in [6, 6.07) is 10.5. The Labute approximate surface area is 151 Å². The first-order valence-electron chi connectivity index (χ1n) is 8.32. The van der Waals surface area contributed by atoms with Crippen LogP contribution in [0.25, 0.3) is 0 Å². The Bertz CT molecular complexity index is 608. The van der Waals surface area contributed by atoms with Gasteiger partial charge in [-0.15, -0.1) is 0 Å². The molecule has 0 bridgehead atoms. The average molecular weight is 360 g/mol. The van der Waals surface area contributed by atoms with E-state index in [0.717, 1.165) is 0 Å². The predicted octanol–water partition coefficient (Wildman–Crippen LogP) is -2.33. The molecule has 3 rings (SSSR count). The van der Waals surface area contributed by atoms with Gasteiger partial charge in [-0.3, -0.25) is 9.97 Å². The van der Waals surface area contributed by atoms with Crippen LogP contribution in [0, 0.1) is 0 Å². The lowest BCUT2D eigenvalue weighted by Crippen LogP contribution is -2.80. The molecule has 0 unspecified atom stereocenters. The van der Waals surface area contributed by atoms with Gasteiger partial charge < -0.3 is 31.3 Å². The molecular formula is C18H24N4O4. The van der Waals surface area contributed by atoms with Crippen molar-refractivity contribution in [3.8, 4) is 0 Å². The van der Waals surface area contributed by atoms with Crippen LogP contribution in [0.3, 0.4) is 0 Å². The molecule has 0 saturated heterocycles. The van der Waals surface area contributed by atoms with E-state index in [9.17, 15) is 19.8 Å². The lowest BCUT2D eigenvalue weighted by molar-refractivity contribution is -0.534.